The van der Waals surface area contributed by atoms with Gasteiger partial charge in [0.2, 0.25) is 11.8 Å². The van der Waals surface area contributed by atoms with Gasteiger partial charge < -0.3 is 5.11 Å². The van der Waals surface area contributed by atoms with E-state index in [0.717, 1.165) is 11.1 Å². The van der Waals surface area contributed by atoms with Crippen LogP contribution in [0.5, 0.6) is 0 Å². The number of amides is 2. The summed E-state index contributed by atoms with van der Waals surface area (Å²) in [6, 6.07) is 16.7. The standard InChI is InChI=1S/C30H27Cl2NO3/c1-14(2)16-8-5-9-17(15(3)4)27(16)33-28(34)25-24-22-18(10-6-12-20(22)31)30(36,26(25)29(33)35)19-11-7-13-21(32)23(19)24/h5-15,24-26,36H,1-4H3/t24?,25-,26+,30?/m1/s1. The second-order valence-corrected chi connectivity index (χ2v) is 11.6. The van der Waals surface area contributed by atoms with Gasteiger partial charge in [-0.3, -0.25) is 9.59 Å². The van der Waals surface area contributed by atoms with Gasteiger partial charge in [-0.05, 0) is 57.3 Å². The Labute approximate surface area is 220 Å². The summed E-state index contributed by atoms with van der Waals surface area (Å²) in [7, 11) is 0. The van der Waals surface area contributed by atoms with Crippen LogP contribution in [0, 0.1) is 11.8 Å². The van der Waals surface area contributed by atoms with Crippen molar-refractivity contribution in [2.45, 2.75) is 51.0 Å². The van der Waals surface area contributed by atoms with Gasteiger partial charge in [0.1, 0.15) is 5.60 Å². The zero-order valence-electron chi connectivity index (χ0n) is 20.5. The molecule has 4 aliphatic rings. The Bertz CT molecular complexity index is 1380. The lowest BCUT2D eigenvalue weighted by Gasteiger charge is -2.51. The maximum Gasteiger partial charge on any atom is 0.241 e. The molecule has 0 aromatic heterocycles. The molecule has 3 aliphatic carbocycles. The molecule has 1 fully saturated rings. The fraction of sp³-hybridized carbons (Fsp3) is 0.333. The topological polar surface area (TPSA) is 57.6 Å². The Morgan fingerprint density at radius 1 is 0.778 bits per heavy atom. The molecule has 1 saturated heterocycles. The van der Waals surface area contributed by atoms with Gasteiger partial charge in [-0.15, -0.1) is 0 Å². The number of rotatable bonds is 3. The van der Waals surface area contributed by atoms with Crippen molar-refractivity contribution in [1.82, 2.24) is 0 Å². The molecule has 0 saturated carbocycles. The van der Waals surface area contributed by atoms with Crippen LogP contribution in [0.15, 0.2) is 54.6 Å². The maximum atomic E-state index is 14.4. The molecule has 6 heteroatoms. The van der Waals surface area contributed by atoms with Crippen LogP contribution < -0.4 is 4.90 Å². The quantitative estimate of drug-likeness (QED) is 0.389. The number of imide groups is 1. The molecule has 1 N–H and O–H groups in total. The summed E-state index contributed by atoms with van der Waals surface area (Å²) in [4.78, 5) is 30.1. The van der Waals surface area contributed by atoms with E-state index in [1.165, 1.54) is 4.90 Å². The third-order valence-corrected chi connectivity index (χ3v) is 8.93. The molecule has 3 aromatic carbocycles. The zero-order chi connectivity index (χ0) is 25.7. The van der Waals surface area contributed by atoms with Gasteiger partial charge in [-0.2, -0.15) is 0 Å². The Balaban J connectivity index is 1.65. The monoisotopic (exact) mass is 519 g/mol. The minimum atomic E-state index is -1.72. The molecule has 184 valence electrons. The van der Waals surface area contributed by atoms with E-state index in [-0.39, 0.29) is 23.7 Å². The molecule has 3 aromatic rings. The van der Waals surface area contributed by atoms with Crippen LogP contribution in [0.1, 0.15) is 78.8 Å². The molecule has 0 unspecified atom stereocenters. The molecule has 2 amide bonds. The highest BCUT2D eigenvalue weighted by Crippen LogP contribution is 2.65. The van der Waals surface area contributed by atoms with E-state index in [9.17, 15) is 14.7 Å². The Morgan fingerprint density at radius 2 is 1.25 bits per heavy atom. The maximum absolute atomic E-state index is 14.4. The molecular weight excluding hydrogens is 493 g/mol. The van der Waals surface area contributed by atoms with Crippen molar-refractivity contribution in [2.24, 2.45) is 11.8 Å². The Morgan fingerprint density at radius 3 is 1.72 bits per heavy atom. The van der Waals surface area contributed by atoms with Gasteiger partial charge >= 0.3 is 0 Å². The highest BCUT2D eigenvalue weighted by Gasteiger charge is 2.69. The number of aliphatic hydroxyl groups is 1. The van der Waals surface area contributed by atoms with Crippen LogP contribution in [0.25, 0.3) is 0 Å². The summed E-state index contributed by atoms with van der Waals surface area (Å²) in [5.74, 6) is -2.77. The zero-order valence-corrected chi connectivity index (χ0v) is 22.1. The number of anilines is 1. The van der Waals surface area contributed by atoms with Crippen molar-refractivity contribution in [2.75, 3.05) is 4.90 Å². The fourth-order valence-electron chi connectivity index (χ4n) is 6.81. The second kappa shape index (κ2) is 7.92. The lowest BCUT2D eigenvalue weighted by Crippen LogP contribution is -2.53. The van der Waals surface area contributed by atoms with E-state index in [1.54, 1.807) is 24.3 Å². The molecule has 0 spiro atoms. The predicted octanol–water partition coefficient (Wildman–Crippen LogP) is 6.74. The Hall–Kier alpha value is -2.66. The van der Waals surface area contributed by atoms with Crippen molar-refractivity contribution in [3.05, 3.63) is 98.0 Å². The van der Waals surface area contributed by atoms with Crippen molar-refractivity contribution < 1.29 is 14.7 Å². The minimum Gasteiger partial charge on any atom is -0.379 e. The van der Waals surface area contributed by atoms with Crippen molar-refractivity contribution in [3.8, 4) is 0 Å². The van der Waals surface area contributed by atoms with Gasteiger partial charge in [-0.1, -0.05) is 93.4 Å². The molecular formula is C30H27Cl2NO3. The van der Waals surface area contributed by atoms with E-state index in [2.05, 4.69) is 27.7 Å². The number of para-hydroxylation sites is 1. The smallest absolute Gasteiger partial charge is 0.241 e. The highest BCUT2D eigenvalue weighted by molar-refractivity contribution is 6.33. The number of hydrogen-bond donors (Lipinski definition) is 1. The molecule has 1 aliphatic heterocycles. The summed E-state index contributed by atoms with van der Waals surface area (Å²) in [5.41, 5.74) is 3.35. The third-order valence-electron chi connectivity index (χ3n) is 8.28. The molecule has 2 bridgehead atoms. The van der Waals surface area contributed by atoms with Gasteiger partial charge in [0.25, 0.3) is 0 Å². The fourth-order valence-corrected chi connectivity index (χ4v) is 7.40. The molecule has 36 heavy (non-hydrogen) atoms. The van der Waals surface area contributed by atoms with Gasteiger partial charge in [-0.25, -0.2) is 4.90 Å². The average molecular weight is 520 g/mol. The second-order valence-electron chi connectivity index (χ2n) is 10.8. The predicted molar refractivity (Wildman–Crippen MR) is 142 cm³/mol. The number of nitrogens with zero attached hydrogens (tertiary/aromatic N) is 1. The van der Waals surface area contributed by atoms with Gasteiger partial charge in [0.15, 0.2) is 0 Å². The molecule has 7 rings (SSSR count). The first-order valence-electron chi connectivity index (χ1n) is 12.4. The normalized spacial score (nSPS) is 26.0. The largest absolute Gasteiger partial charge is 0.379 e. The van der Waals surface area contributed by atoms with E-state index >= 15 is 0 Å². The summed E-state index contributed by atoms with van der Waals surface area (Å²) in [6.07, 6.45) is 0. The van der Waals surface area contributed by atoms with Crippen LogP contribution in [-0.4, -0.2) is 16.9 Å². The molecule has 1 heterocycles. The summed E-state index contributed by atoms with van der Waals surface area (Å²) in [6.45, 7) is 8.24. The van der Waals surface area contributed by atoms with Crippen LogP contribution in [0.3, 0.4) is 0 Å². The van der Waals surface area contributed by atoms with Crippen LogP contribution in [-0.2, 0) is 15.2 Å². The number of carbonyl (C=O) groups excluding carboxylic acids is 2. The van der Waals surface area contributed by atoms with Gasteiger partial charge in [0.05, 0.1) is 17.5 Å². The van der Waals surface area contributed by atoms with Crippen molar-refractivity contribution >= 4 is 40.7 Å². The molecule has 2 atom stereocenters. The third kappa shape index (κ3) is 2.81. The Kier molecular flexibility index (Phi) is 5.22. The van der Waals surface area contributed by atoms with Crippen LogP contribution in [0.4, 0.5) is 5.69 Å². The summed E-state index contributed by atoms with van der Waals surface area (Å²) in [5, 5.41) is 13.5. The first kappa shape index (κ1) is 23.7. The minimum absolute atomic E-state index is 0.0972. The number of hydrogen-bond acceptors (Lipinski definition) is 3. The van der Waals surface area contributed by atoms with E-state index in [0.29, 0.717) is 38.0 Å². The average Bonchev–Trinajstić information content (AvgIpc) is 3.10. The lowest BCUT2D eigenvalue weighted by molar-refractivity contribution is -0.133. The van der Waals surface area contributed by atoms with Gasteiger partial charge in [0, 0.05) is 16.0 Å². The number of halogens is 2. The first-order chi connectivity index (χ1) is 17.1. The van der Waals surface area contributed by atoms with E-state index in [1.807, 2.05) is 30.3 Å². The summed E-state index contributed by atoms with van der Waals surface area (Å²) >= 11 is 13.4. The van der Waals surface area contributed by atoms with Crippen molar-refractivity contribution in [3.63, 3.8) is 0 Å². The molecule has 4 nitrogen and oxygen atoms in total. The SMILES string of the molecule is CC(C)c1cccc(C(C)C)c1N1C(=O)[C@@H]2C3c4c(Cl)cccc4C(O)(c4cccc(Cl)c43)[C@@H]2C1=O. The van der Waals surface area contributed by atoms with Crippen LogP contribution >= 0.6 is 23.2 Å². The van der Waals surface area contributed by atoms with Crippen LogP contribution in [0.2, 0.25) is 10.0 Å². The molecule has 0 radical (unpaired) electrons. The van der Waals surface area contributed by atoms with E-state index in [4.69, 9.17) is 23.2 Å². The first-order valence-corrected chi connectivity index (χ1v) is 13.2. The lowest BCUT2D eigenvalue weighted by atomic mass is 9.52. The number of benzene rings is 3. The highest BCUT2D eigenvalue weighted by atomic mass is 35.5. The van der Waals surface area contributed by atoms with Crippen molar-refractivity contribution in [1.29, 1.82) is 0 Å². The van der Waals surface area contributed by atoms with E-state index < -0.39 is 23.4 Å². The summed E-state index contributed by atoms with van der Waals surface area (Å²) < 4.78 is 0. The number of carbonyl (C=O) groups is 2.